The molecule has 0 N–H and O–H groups in total. The Hall–Kier alpha value is 0.210. The maximum absolute atomic E-state index is 2.37. The second-order valence-corrected chi connectivity index (χ2v) is 4.71. The zero-order chi connectivity index (χ0) is 6.69. The average molecular weight is 326 g/mol. The first-order chi connectivity index (χ1) is 4.33. The Morgan fingerprint density at radius 1 is 1.45 bits per heavy atom. The summed E-state index contributed by atoms with van der Waals surface area (Å²) < 4.78 is 1.65. The fourth-order valence-electron chi connectivity index (χ4n) is 1.05. The summed E-state index contributed by atoms with van der Waals surface area (Å²) in [7, 11) is 0. The first-order valence-electron chi connectivity index (χ1n) is 3.44. The third-order valence-electron chi connectivity index (χ3n) is 1.48. The molecule has 1 rings (SSSR count). The maximum atomic E-state index is 2.37. The van der Waals surface area contributed by atoms with Gasteiger partial charge in [-0.05, 0) is 0 Å². The molecule has 3 heteroatoms. The molecule has 0 nitrogen and oxygen atoms in total. The number of allylic oxidation sites excluding steroid dienone is 4. The van der Waals surface area contributed by atoms with E-state index in [0.717, 1.165) is 0 Å². The molecule has 0 heterocycles. The maximum Gasteiger partial charge on any atom is -0.269 e. The Kier molecular flexibility index (Phi) is 8.63. The van der Waals surface area contributed by atoms with Crippen LogP contribution < -0.4 is 0 Å². The number of hydrogen-bond acceptors (Lipinski definition) is 0. The first-order valence-corrected chi connectivity index (χ1v) is 5.23. The van der Waals surface area contributed by atoms with E-state index in [9.17, 15) is 0 Å². The molecule has 0 saturated carbocycles. The van der Waals surface area contributed by atoms with Crippen molar-refractivity contribution < 1.29 is 33.8 Å². The minimum atomic E-state index is 0. The monoisotopic (exact) mass is 327 g/mol. The van der Waals surface area contributed by atoms with Gasteiger partial charge in [0.2, 0.25) is 0 Å². The van der Waals surface area contributed by atoms with Crippen LogP contribution in [0.5, 0.6) is 0 Å². The molecule has 0 bridgehead atoms. The summed E-state index contributed by atoms with van der Waals surface area (Å²) in [6, 6.07) is 0. The van der Waals surface area contributed by atoms with Crippen LogP contribution in [-0.2, 0) is 24.4 Å². The standard InChI is InChI=1S/C8H11.2FH.Hf/c1-2-5-8-6-3-4-7-8;;;/h6-7H,2-3,5H2,1H3;2*1H;. The molecule has 0 radical (unpaired) electrons. The summed E-state index contributed by atoms with van der Waals surface area (Å²) in [6.07, 6.45) is 8.56. The van der Waals surface area contributed by atoms with E-state index in [4.69, 9.17) is 0 Å². The molecule has 1 aliphatic carbocycles. The van der Waals surface area contributed by atoms with Gasteiger partial charge in [-0.1, -0.05) is 0 Å². The van der Waals surface area contributed by atoms with Crippen LogP contribution in [0.15, 0.2) is 21.1 Å². The molecule has 0 aliphatic heterocycles. The zero-order valence-electron chi connectivity index (χ0n) is 6.59. The predicted molar refractivity (Wildman–Crippen MR) is 40.7 cm³/mol. The molecule has 11 heavy (non-hydrogen) atoms. The van der Waals surface area contributed by atoms with Gasteiger partial charge in [-0.3, -0.25) is 9.41 Å². The van der Waals surface area contributed by atoms with Crippen molar-refractivity contribution in [2.45, 2.75) is 26.2 Å². The minimum Gasteiger partial charge on any atom is -0.269 e. The second kappa shape index (κ2) is 6.89. The quantitative estimate of drug-likeness (QED) is 0.685. The van der Waals surface area contributed by atoms with Crippen LogP contribution in [0.4, 0.5) is 9.41 Å². The molecular weight excluding hydrogens is 313 g/mol. The molecule has 0 unspecified atom stereocenters. The van der Waals surface area contributed by atoms with E-state index < -0.39 is 0 Å². The smallest absolute Gasteiger partial charge is 0.269 e. The van der Waals surface area contributed by atoms with E-state index in [1.54, 1.807) is 8.90 Å². The number of hydrogen-bond donors (Lipinski definition) is 0. The topological polar surface area (TPSA) is 0 Å². The van der Waals surface area contributed by atoms with Crippen LogP contribution in [0, 0.1) is 0 Å². The van der Waals surface area contributed by atoms with Crippen molar-refractivity contribution in [3.8, 4) is 0 Å². The number of rotatable bonds is 2. The predicted octanol–water partition coefficient (Wildman–Crippen LogP) is 2.85. The molecule has 0 spiro atoms. The van der Waals surface area contributed by atoms with E-state index in [-0.39, 0.29) is 9.41 Å². The molecule has 0 aromatic carbocycles. The molecule has 0 aromatic rings. The largest absolute Gasteiger partial charge is 0.269 e. The Balaban J connectivity index is 0. The Morgan fingerprint density at radius 3 is 2.45 bits per heavy atom. The molecule has 63 valence electrons. The van der Waals surface area contributed by atoms with Gasteiger partial charge < -0.3 is 0 Å². The SMILES string of the molecule is CCCC1=CC[C]([Hf])=C1.F.F. The second-order valence-electron chi connectivity index (χ2n) is 2.40. The molecule has 1 aliphatic rings. The summed E-state index contributed by atoms with van der Waals surface area (Å²) in [5.74, 6) is 0. The molecule has 0 atom stereocenters. The van der Waals surface area contributed by atoms with E-state index >= 15 is 0 Å². The van der Waals surface area contributed by atoms with Gasteiger partial charge in [0.05, 0.1) is 0 Å². The summed E-state index contributed by atoms with van der Waals surface area (Å²) in [5.41, 5.74) is 1.57. The van der Waals surface area contributed by atoms with Crippen LogP contribution in [0.25, 0.3) is 0 Å². The van der Waals surface area contributed by atoms with Gasteiger partial charge in [-0.25, -0.2) is 0 Å². The van der Waals surface area contributed by atoms with Crippen molar-refractivity contribution in [3.05, 3.63) is 21.1 Å². The third kappa shape index (κ3) is 4.62. The normalized spacial score (nSPS) is 14.2. The summed E-state index contributed by atoms with van der Waals surface area (Å²) in [6.45, 7) is 2.24. The van der Waals surface area contributed by atoms with Crippen molar-refractivity contribution in [2.75, 3.05) is 0 Å². The van der Waals surface area contributed by atoms with Crippen molar-refractivity contribution in [2.24, 2.45) is 0 Å². The van der Waals surface area contributed by atoms with Gasteiger partial charge in [-0.15, -0.1) is 0 Å². The Morgan fingerprint density at radius 2 is 2.09 bits per heavy atom. The molecule has 0 aromatic heterocycles. The Labute approximate surface area is 81.1 Å². The van der Waals surface area contributed by atoms with Crippen LogP contribution in [-0.4, -0.2) is 0 Å². The van der Waals surface area contributed by atoms with Gasteiger partial charge >= 0.3 is 71.6 Å². The zero-order valence-corrected chi connectivity index (χ0v) is 10.2. The van der Waals surface area contributed by atoms with Gasteiger partial charge in [0.1, 0.15) is 0 Å². The molecule has 0 amide bonds. The van der Waals surface area contributed by atoms with E-state index in [2.05, 4.69) is 19.1 Å². The van der Waals surface area contributed by atoms with Crippen molar-refractivity contribution in [3.63, 3.8) is 0 Å². The van der Waals surface area contributed by atoms with E-state index in [1.165, 1.54) is 43.6 Å². The Bertz CT molecular complexity index is 161. The first kappa shape index (κ1) is 13.8. The fourth-order valence-corrected chi connectivity index (χ4v) is 2.08. The van der Waals surface area contributed by atoms with E-state index in [1.807, 2.05) is 0 Å². The van der Waals surface area contributed by atoms with E-state index in [0.29, 0.717) is 0 Å². The summed E-state index contributed by atoms with van der Waals surface area (Å²) in [5, 5.41) is 0. The van der Waals surface area contributed by atoms with Crippen LogP contribution >= 0.6 is 0 Å². The molecule has 0 saturated heterocycles. The summed E-state index contributed by atoms with van der Waals surface area (Å²) in [4.78, 5) is 0. The molecule has 0 fully saturated rings. The van der Waals surface area contributed by atoms with Crippen LogP contribution in [0.1, 0.15) is 26.2 Å². The van der Waals surface area contributed by atoms with Gasteiger partial charge in [-0.2, -0.15) is 0 Å². The van der Waals surface area contributed by atoms with Gasteiger partial charge in [0.15, 0.2) is 0 Å². The van der Waals surface area contributed by atoms with Gasteiger partial charge in [0, 0.05) is 0 Å². The van der Waals surface area contributed by atoms with Crippen LogP contribution in [0.2, 0.25) is 0 Å². The average Bonchev–Trinajstić information content (AvgIpc) is 2.17. The van der Waals surface area contributed by atoms with Crippen molar-refractivity contribution in [1.82, 2.24) is 0 Å². The van der Waals surface area contributed by atoms with Crippen molar-refractivity contribution in [1.29, 1.82) is 0 Å². The number of halogens is 2. The van der Waals surface area contributed by atoms with Gasteiger partial charge in [0.25, 0.3) is 0 Å². The molecular formula is C8H13F2Hf. The summed E-state index contributed by atoms with van der Waals surface area (Å²) >= 11 is 1.26. The van der Waals surface area contributed by atoms with Crippen LogP contribution in [0.3, 0.4) is 0 Å². The minimum absolute atomic E-state index is 0. The third-order valence-corrected chi connectivity index (χ3v) is 2.73. The fraction of sp³-hybridized carbons (Fsp3) is 0.500. The van der Waals surface area contributed by atoms with Crippen molar-refractivity contribution >= 4 is 0 Å².